The summed E-state index contributed by atoms with van der Waals surface area (Å²) in [4.78, 5) is 15.8. The number of carbonyl (C=O) groups excluding carboxylic acids is 1. The number of nitrogens with zero attached hydrogens (tertiary/aromatic N) is 3. The maximum Gasteiger partial charge on any atom is 0.266 e. The molecular formula is C33H33N3O4S2. The van der Waals surface area contributed by atoms with E-state index in [1.165, 1.54) is 11.8 Å². The lowest BCUT2D eigenvalue weighted by atomic mass is 10.0. The smallest absolute Gasteiger partial charge is 0.266 e. The molecule has 42 heavy (non-hydrogen) atoms. The molecule has 216 valence electrons. The van der Waals surface area contributed by atoms with Gasteiger partial charge in [-0.2, -0.15) is 5.10 Å². The largest absolute Gasteiger partial charge is 0.494 e. The van der Waals surface area contributed by atoms with E-state index in [0.29, 0.717) is 40.3 Å². The van der Waals surface area contributed by atoms with Crippen LogP contribution >= 0.6 is 24.0 Å². The van der Waals surface area contributed by atoms with Crippen LogP contribution in [0.1, 0.15) is 30.0 Å². The Balaban J connectivity index is 1.44. The van der Waals surface area contributed by atoms with Crippen molar-refractivity contribution in [2.75, 3.05) is 27.4 Å². The number of benzene rings is 3. The minimum absolute atomic E-state index is 0.107. The molecule has 0 N–H and O–H groups in total. The first kappa shape index (κ1) is 29.4. The molecule has 9 heteroatoms. The van der Waals surface area contributed by atoms with Gasteiger partial charge in [0.25, 0.3) is 5.91 Å². The second kappa shape index (κ2) is 13.3. The lowest BCUT2D eigenvalue weighted by Crippen LogP contribution is -2.30. The molecule has 0 atom stereocenters. The Kier molecular flexibility index (Phi) is 9.29. The number of amides is 1. The number of thiocarbonyl (C=S) groups is 1. The molecule has 0 spiro atoms. The van der Waals surface area contributed by atoms with Gasteiger partial charge in [-0.3, -0.25) is 9.69 Å². The van der Waals surface area contributed by atoms with Crippen molar-refractivity contribution >= 4 is 40.3 Å². The minimum atomic E-state index is -0.107. The van der Waals surface area contributed by atoms with Gasteiger partial charge in [-0.1, -0.05) is 55.2 Å². The summed E-state index contributed by atoms with van der Waals surface area (Å²) in [5.41, 5.74) is 5.60. The summed E-state index contributed by atoms with van der Waals surface area (Å²) in [5.74, 6) is 2.05. The number of methoxy groups -OCH3 is 2. The lowest BCUT2D eigenvalue weighted by Gasteiger charge is -2.15. The maximum absolute atomic E-state index is 13.6. The van der Waals surface area contributed by atoms with Crippen LogP contribution in [0.4, 0.5) is 0 Å². The summed E-state index contributed by atoms with van der Waals surface area (Å²) in [6.45, 7) is 5.27. The van der Waals surface area contributed by atoms with Gasteiger partial charge in [-0.15, -0.1) is 0 Å². The second-order valence-electron chi connectivity index (χ2n) is 9.81. The number of aryl methyl sites for hydroxylation is 1. The van der Waals surface area contributed by atoms with E-state index in [4.69, 9.17) is 31.5 Å². The van der Waals surface area contributed by atoms with Crippen LogP contribution in [0.25, 0.3) is 23.0 Å². The van der Waals surface area contributed by atoms with Gasteiger partial charge in [0.05, 0.1) is 31.4 Å². The number of carbonyl (C=O) groups is 1. The molecule has 1 aromatic heterocycles. The Labute approximate surface area is 256 Å². The molecule has 4 aromatic rings. The average Bonchev–Trinajstić information content (AvgIpc) is 3.54. The molecule has 1 amide bonds. The molecule has 5 rings (SSSR count). The summed E-state index contributed by atoms with van der Waals surface area (Å²) in [5, 5.41) is 4.96. The first-order chi connectivity index (χ1) is 20.4. The van der Waals surface area contributed by atoms with Crippen LogP contribution in [0.3, 0.4) is 0 Å². The van der Waals surface area contributed by atoms with E-state index in [0.717, 1.165) is 45.8 Å². The van der Waals surface area contributed by atoms with Crippen LogP contribution in [-0.2, 0) is 11.2 Å². The molecule has 1 saturated heterocycles. The molecule has 7 nitrogen and oxygen atoms in total. The lowest BCUT2D eigenvalue weighted by molar-refractivity contribution is -0.122. The molecule has 0 bridgehead atoms. The number of rotatable bonds is 11. The maximum atomic E-state index is 13.6. The third kappa shape index (κ3) is 6.37. The van der Waals surface area contributed by atoms with Crippen molar-refractivity contribution in [1.29, 1.82) is 0 Å². The van der Waals surface area contributed by atoms with E-state index in [1.807, 2.05) is 90.6 Å². The van der Waals surface area contributed by atoms with E-state index >= 15 is 0 Å². The van der Waals surface area contributed by atoms with Crippen LogP contribution < -0.4 is 14.2 Å². The average molecular weight is 600 g/mol. The predicted octanol–water partition coefficient (Wildman–Crippen LogP) is 7.10. The van der Waals surface area contributed by atoms with Crippen LogP contribution in [0.2, 0.25) is 0 Å². The molecule has 0 saturated carbocycles. The normalized spacial score (nSPS) is 14.1. The zero-order valence-corrected chi connectivity index (χ0v) is 25.8. The second-order valence-corrected chi connectivity index (χ2v) is 11.5. The Morgan fingerprint density at radius 1 is 1.00 bits per heavy atom. The van der Waals surface area contributed by atoms with Crippen LogP contribution in [0.5, 0.6) is 17.2 Å². The third-order valence-electron chi connectivity index (χ3n) is 6.92. The quantitative estimate of drug-likeness (QED) is 0.135. The van der Waals surface area contributed by atoms with Crippen molar-refractivity contribution in [1.82, 2.24) is 14.7 Å². The summed E-state index contributed by atoms with van der Waals surface area (Å²) >= 11 is 6.96. The van der Waals surface area contributed by atoms with Gasteiger partial charge >= 0.3 is 0 Å². The zero-order valence-electron chi connectivity index (χ0n) is 24.1. The molecule has 3 aromatic carbocycles. The Morgan fingerprint density at radius 3 is 2.50 bits per heavy atom. The molecule has 0 aliphatic carbocycles. The fraction of sp³-hybridized carbons (Fsp3) is 0.242. The summed E-state index contributed by atoms with van der Waals surface area (Å²) < 4.78 is 19.0. The van der Waals surface area contributed by atoms with E-state index in [1.54, 1.807) is 19.1 Å². The van der Waals surface area contributed by atoms with E-state index in [-0.39, 0.29) is 5.91 Å². The van der Waals surface area contributed by atoms with Gasteiger partial charge in [0, 0.05) is 23.9 Å². The summed E-state index contributed by atoms with van der Waals surface area (Å²) in [6, 6.07) is 21.7. The Bertz CT molecular complexity index is 1630. The fourth-order valence-electron chi connectivity index (χ4n) is 4.74. The zero-order chi connectivity index (χ0) is 29.6. The van der Waals surface area contributed by atoms with E-state index < -0.39 is 0 Å². The predicted molar refractivity (Wildman–Crippen MR) is 173 cm³/mol. The molecule has 0 radical (unpaired) electrons. The van der Waals surface area contributed by atoms with Gasteiger partial charge in [0.2, 0.25) is 0 Å². The Hall–Kier alpha value is -4.08. The summed E-state index contributed by atoms with van der Waals surface area (Å²) in [6.07, 6.45) is 5.43. The topological polar surface area (TPSA) is 65.8 Å². The van der Waals surface area contributed by atoms with E-state index in [9.17, 15) is 4.79 Å². The van der Waals surface area contributed by atoms with Crippen molar-refractivity contribution in [3.63, 3.8) is 0 Å². The van der Waals surface area contributed by atoms with Crippen LogP contribution in [-0.4, -0.2) is 52.3 Å². The van der Waals surface area contributed by atoms with Crippen molar-refractivity contribution in [3.05, 3.63) is 94.5 Å². The SMILES string of the molecule is CCCOc1ccc(-c2nn(-c3ccccc3)cc2/C=C2\SC(=S)N(CCc3ccc(OC)c(OC)c3)C2=O)c(C)c1. The van der Waals surface area contributed by atoms with Gasteiger partial charge < -0.3 is 14.2 Å². The number of aromatic nitrogens is 2. The first-order valence-electron chi connectivity index (χ1n) is 13.8. The highest BCUT2D eigenvalue weighted by Gasteiger charge is 2.32. The van der Waals surface area contributed by atoms with Crippen LogP contribution in [0, 0.1) is 6.92 Å². The number of hydrogen-bond acceptors (Lipinski definition) is 7. The van der Waals surface area contributed by atoms with Gasteiger partial charge in [0.1, 0.15) is 15.8 Å². The first-order valence-corrected chi connectivity index (χ1v) is 15.0. The van der Waals surface area contributed by atoms with E-state index in [2.05, 4.69) is 6.92 Å². The van der Waals surface area contributed by atoms with Crippen molar-refractivity contribution in [3.8, 4) is 34.2 Å². The highest BCUT2D eigenvalue weighted by atomic mass is 32.2. The monoisotopic (exact) mass is 599 g/mol. The Morgan fingerprint density at radius 2 is 1.79 bits per heavy atom. The molecule has 2 heterocycles. The number of para-hydroxylation sites is 1. The van der Waals surface area contributed by atoms with Crippen molar-refractivity contribution in [2.45, 2.75) is 26.7 Å². The third-order valence-corrected chi connectivity index (χ3v) is 8.30. The van der Waals surface area contributed by atoms with Crippen LogP contribution in [0.15, 0.2) is 77.8 Å². The van der Waals surface area contributed by atoms with Gasteiger partial charge in [0.15, 0.2) is 11.5 Å². The summed E-state index contributed by atoms with van der Waals surface area (Å²) in [7, 11) is 3.22. The fourth-order valence-corrected chi connectivity index (χ4v) is 6.04. The number of ether oxygens (including phenoxy) is 3. The van der Waals surface area contributed by atoms with Crippen molar-refractivity contribution < 1.29 is 19.0 Å². The molecule has 1 aliphatic heterocycles. The number of hydrogen-bond donors (Lipinski definition) is 0. The minimum Gasteiger partial charge on any atom is -0.494 e. The highest BCUT2D eigenvalue weighted by Crippen LogP contribution is 2.36. The molecule has 1 fully saturated rings. The van der Waals surface area contributed by atoms with Gasteiger partial charge in [-0.05, 0) is 79.4 Å². The number of thioether (sulfide) groups is 1. The van der Waals surface area contributed by atoms with Gasteiger partial charge in [-0.25, -0.2) is 4.68 Å². The molecule has 1 aliphatic rings. The molecular weight excluding hydrogens is 567 g/mol. The highest BCUT2D eigenvalue weighted by molar-refractivity contribution is 8.26. The molecule has 0 unspecified atom stereocenters. The van der Waals surface area contributed by atoms with Crippen molar-refractivity contribution in [2.24, 2.45) is 0 Å². The standard InChI is InChI=1S/C33H33N3O4S2/c1-5-17-40-26-12-13-27(22(2)18-26)31-24(21-36(34-31)25-9-7-6-8-10-25)20-30-32(37)35(33(41)42-30)16-15-23-11-14-28(38-3)29(19-23)39-4/h6-14,18-21H,5,15-17H2,1-4H3/b30-20-.